The molecule has 3 aromatic carbocycles. The molecular formula is C28H32BrN3O4S. The highest BCUT2D eigenvalue weighted by molar-refractivity contribution is 9.10. The fourth-order valence-electron chi connectivity index (χ4n) is 4.04. The number of carbonyl (C=O) groups excluding carboxylic acids is 2. The van der Waals surface area contributed by atoms with Crippen molar-refractivity contribution in [3.63, 3.8) is 0 Å². The van der Waals surface area contributed by atoms with Crippen molar-refractivity contribution < 1.29 is 18.0 Å². The molecule has 7 nitrogen and oxygen atoms in total. The second-order valence-corrected chi connectivity index (χ2v) is 11.4. The van der Waals surface area contributed by atoms with Crippen LogP contribution in [0.3, 0.4) is 0 Å². The van der Waals surface area contributed by atoms with Crippen LogP contribution in [0, 0.1) is 6.92 Å². The van der Waals surface area contributed by atoms with E-state index < -0.39 is 28.5 Å². The van der Waals surface area contributed by atoms with Crippen LogP contribution in [0.25, 0.3) is 0 Å². The zero-order chi connectivity index (χ0) is 27.0. The molecule has 196 valence electrons. The number of anilines is 1. The zero-order valence-electron chi connectivity index (χ0n) is 21.2. The Morgan fingerprint density at radius 3 is 2.14 bits per heavy atom. The first-order valence-corrected chi connectivity index (χ1v) is 14.3. The first-order valence-electron chi connectivity index (χ1n) is 12.1. The maximum absolute atomic E-state index is 13.8. The van der Waals surface area contributed by atoms with Gasteiger partial charge in [0, 0.05) is 18.1 Å². The molecule has 0 aliphatic carbocycles. The third-order valence-corrected chi connectivity index (χ3v) is 8.44. The number of hydrogen-bond donors (Lipinski definition) is 1. The highest BCUT2D eigenvalue weighted by Crippen LogP contribution is 2.26. The summed E-state index contributed by atoms with van der Waals surface area (Å²) in [6.07, 6.45) is 0.923. The lowest BCUT2D eigenvalue weighted by Gasteiger charge is -2.33. The van der Waals surface area contributed by atoms with Gasteiger partial charge in [-0.25, -0.2) is 8.42 Å². The molecule has 2 amide bonds. The summed E-state index contributed by atoms with van der Waals surface area (Å²) in [7, 11) is -2.54. The van der Waals surface area contributed by atoms with Crippen LogP contribution in [0.2, 0.25) is 0 Å². The molecule has 0 aromatic heterocycles. The summed E-state index contributed by atoms with van der Waals surface area (Å²) in [4.78, 5) is 28.1. The number of rotatable bonds is 11. The van der Waals surface area contributed by atoms with Crippen molar-refractivity contribution in [2.24, 2.45) is 0 Å². The summed E-state index contributed by atoms with van der Waals surface area (Å²) >= 11 is 3.38. The largest absolute Gasteiger partial charge is 0.357 e. The van der Waals surface area contributed by atoms with Crippen LogP contribution in [0.15, 0.2) is 88.2 Å². The molecule has 0 saturated heterocycles. The molecule has 3 aromatic rings. The van der Waals surface area contributed by atoms with E-state index >= 15 is 0 Å². The van der Waals surface area contributed by atoms with Gasteiger partial charge >= 0.3 is 0 Å². The summed E-state index contributed by atoms with van der Waals surface area (Å²) < 4.78 is 29.4. The van der Waals surface area contributed by atoms with Crippen LogP contribution >= 0.6 is 15.9 Å². The Morgan fingerprint density at radius 1 is 0.946 bits per heavy atom. The lowest BCUT2D eigenvalue weighted by atomic mass is 10.1. The first-order chi connectivity index (χ1) is 17.7. The molecule has 0 saturated carbocycles. The van der Waals surface area contributed by atoms with Crippen molar-refractivity contribution in [2.45, 2.75) is 37.6 Å². The first kappa shape index (κ1) is 28.4. The van der Waals surface area contributed by atoms with Gasteiger partial charge in [-0.2, -0.15) is 0 Å². The van der Waals surface area contributed by atoms with Crippen LogP contribution in [-0.2, 0) is 26.0 Å². The third kappa shape index (κ3) is 7.20. The molecule has 0 fully saturated rings. The van der Waals surface area contributed by atoms with Crippen LogP contribution in [-0.4, -0.2) is 51.3 Å². The van der Waals surface area contributed by atoms with Gasteiger partial charge in [0.15, 0.2) is 0 Å². The van der Waals surface area contributed by atoms with E-state index in [-0.39, 0.29) is 17.3 Å². The van der Waals surface area contributed by atoms with Crippen molar-refractivity contribution in [1.29, 1.82) is 0 Å². The van der Waals surface area contributed by atoms with E-state index in [4.69, 9.17) is 0 Å². The summed E-state index contributed by atoms with van der Waals surface area (Å²) in [6.45, 7) is 3.53. The molecule has 0 radical (unpaired) electrons. The number of benzene rings is 3. The lowest BCUT2D eigenvalue weighted by Crippen LogP contribution is -2.52. The Hall–Kier alpha value is -3.17. The van der Waals surface area contributed by atoms with Gasteiger partial charge in [-0.1, -0.05) is 70.9 Å². The van der Waals surface area contributed by atoms with E-state index in [2.05, 4.69) is 21.2 Å². The smallest absolute Gasteiger partial charge is 0.264 e. The minimum atomic E-state index is -4.07. The van der Waals surface area contributed by atoms with Crippen LogP contribution in [0.1, 0.15) is 24.5 Å². The van der Waals surface area contributed by atoms with Gasteiger partial charge in [-0.3, -0.25) is 13.9 Å². The molecule has 37 heavy (non-hydrogen) atoms. The Bertz CT molecular complexity index is 1300. The average Bonchev–Trinajstić information content (AvgIpc) is 2.90. The number of likely N-dealkylation sites (N-methyl/N-ethyl adjacent to an activating group) is 1. The number of sulfonamides is 1. The van der Waals surface area contributed by atoms with Gasteiger partial charge in [0.1, 0.15) is 12.6 Å². The molecular weight excluding hydrogens is 554 g/mol. The standard InChI is InChI=1S/C28H32BrN3O4S/c1-4-26(28(34)30-3)31(19-18-22-8-6-5-7-9-22)27(33)20-32(24-14-12-23(29)13-15-24)37(35,36)25-16-10-21(2)11-17-25/h5-17,26H,4,18-20H2,1-3H3,(H,30,34)/t26-/m0/s1. The van der Waals surface area contributed by atoms with Crippen LogP contribution < -0.4 is 9.62 Å². The number of halogens is 1. The van der Waals surface area contributed by atoms with Crippen molar-refractivity contribution >= 4 is 43.5 Å². The van der Waals surface area contributed by atoms with Crippen LogP contribution in [0.5, 0.6) is 0 Å². The maximum Gasteiger partial charge on any atom is 0.264 e. The summed E-state index contributed by atoms with van der Waals surface area (Å²) in [5.41, 5.74) is 2.30. The van der Waals surface area contributed by atoms with E-state index in [1.54, 1.807) is 36.4 Å². The Balaban J connectivity index is 1.99. The second kappa shape index (κ2) is 12.9. The zero-order valence-corrected chi connectivity index (χ0v) is 23.6. The fraction of sp³-hybridized carbons (Fsp3) is 0.286. The summed E-state index contributed by atoms with van der Waals surface area (Å²) in [5.74, 6) is -0.745. The number of hydrogen-bond acceptors (Lipinski definition) is 4. The predicted octanol–water partition coefficient (Wildman–Crippen LogP) is 4.55. The monoisotopic (exact) mass is 585 g/mol. The van der Waals surface area contributed by atoms with Crippen molar-refractivity contribution in [3.8, 4) is 0 Å². The molecule has 0 heterocycles. The Morgan fingerprint density at radius 2 is 1.57 bits per heavy atom. The molecule has 1 atom stereocenters. The fourth-order valence-corrected chi connectivity index (χ4v) is 5.71. The number of aryl methyl sites for hydroxylation is 1. The minimum Gasteiger partial charge on any atom is -0.357 e. The number of carbonyl (C=O) groups is 2. The minimum absolute atomic E-state index is 0.0861. The molecule has 0 aliphatic heterocycles. The van der Waals surface area contributed by atoms with E-state index in [0.29, 0.717) is 18.5 Å². The van der Waals surface area contributed by atoms with E-state index in [1.165, 1.54) is 24.1 Å². The van der Waals surface area contributed by atoms with E-state index in [0.717, 1.165) is 19.9 Å². The highest BCUT2D eigenvalue weighted by Gasteiger charge is 2.33. The Labute approximate surface area is 227 Å². The van der Waals surface area contributed by atoms with Gasteiger partial charge in [-0.05, 0) is 61.7 Å². The second-order valence-electron chi connectivity index (χ2n) is 8.66. The van der Waals surface area contributed by atoms with E-state index in [9.17, 15) is 18.0 Å². The van der Waals surface area contributed by atoms with Gasteiger partial charge in [0.25, 0.3) is 10.0 Å². The van der Waals surface area contributed by atoms with Gasteiger partial charge in [0.2, 0.25) is 11.8 Å². The third-order valence-electron chi connectivity index (χ3n) is 6.12. The highest BCUT2D eigenvalue weighted by atomic mass is 79.9. The van der Waals surface area contributed by atoms with Crippen LogP contribution in [0.4, 0.5) is 5.69 Å². The number of nitrogens with one attached hydrogen (secondary N) is 1. The molecule has 1 N–H and O–H groups in total. The Kier molecular flexibility index (Phi) is 9.88. The molecule has 3 rings (SSSR count). The summed E-state index contributed by atoms with van der Waals surface area (Å²) in [6, 6.07) is 22.2. The number of amides is 2. The number of nitrogens with zero attached hydrogens (tertiary/aromatic N) is 2. The summed E-state index contributed by atoms with van der Waals surface area (Å²) in [5, 5.41) is 2.63. The maximum atomic E-state index is 13.8. The van der Waals surface area contributed by atoms with Gasteiger partial charge in [0.05, 0.1) is 10.6 Å². The molecule has 0 spiro atoms. The quantitative estimate of drug-likeness (QED) is 0.357. The molecule has 0 bridgehead atoms. The van der Waals surface area contributed by atoms with Gasteiger partial charge in [-0.15, -0.1) is 0 Å². The molecule has 0 unspecified atom stereocenters. The van der Waals surface area contributed by atoms with Crippen molar-refractivity contribution in [1.82, 2.24) is 10.2 Å². The SMILES string of the molecule is CC[C@@H](C(=O)NC)N(CCc1ccccc1)C(=O)CN(c1ccc(Br)cc1)S(=O)(=O)c1ccc(C)cc1. The lowest BCUT2D eigenvalue weighted by molar-refractivity contribution is -0.139. The normalized spacial score (nSPS) is 12.0. The van der Waals surface area contributed by atoms with Crippen molar-refractivity contribution in [3.05, 3.63) is 94.5 Å². The van der Waals surface area contributed by atoms with E-state index in [1.807, 2.05) is 44.2 Å². The predicted molar refractivity (Wildman–Crippen MR) is 150 cm³/mol. The van der Waals surface area contributed by atoms with Crippen molar-refractivity contribution in [2.75, 3.05) is 24.4 Å². The topological polar surface area (TPSA) is 86.8 Å². The molecule has 9 heteroatoms. The average molecular weight is 587 g/mol. The van der Waals surface area contributed by atoms with Gasteiger partial charge < -0.3 is 10.2 Å². The molecule has 0 aliphatic rings.